The molecule has 15 heavy (non-hydrogen) atoms. The summed E-state index contributed by atoms with van der Waals surface area (Å²) in [5.74, 6) is -0.470. The van der Waals surface area contributed by atoms with Gasteiger partial charge in [0.15, 0.2) is 8.32 Å². The van der Waals surface area contributed by atoms with E-state index in [4.69, 9.17) is 4.53 Å². The molecule has 0 aromatic carbocycles. The molecule has 0 saturated carbocycles. The van der Waals surface area contributed by atoms with Crippen LogP contribution in [0, 0.1) is 10.6 Å². The van der Waals surface area contributed by atoms with Crippen molar-refractivity contribution in [3.8, 4) is 0 Å². The summed E-state index contributed by atoms with van der Waals surface area (Å²) in [7, 11) is -0.651. The molecule has 0 aliphatic rings. The Hall–Kier alpha value is -1.04. The third-order valence-electron chi connectivity index (χ3n) is 1.50. The Morgan fingerprint density at radius 3 is 2.20 bits per heavy atom. The van der Waals surface area contributed by atoms with Crippen molar-refractivity contribution < 1.29 is 19.0 Å². The van der Waals surface area contributed by atoms with Gasteiger partial charge in [0.05, 0.1) is 7.11 Å². The Kier molecular flexibility index (Phi) is 4.33. The van der Waals surface area contributed by atoms with Gasteiger partial charge in [0, 0.05) is 4.90 Å². The summed E-state index contributed by atoms with van der Waals surface area (Å²) < 4.78 is 9.69. The number of hydrogen-bond acceptors (Lipinski definition) is 4. The van der Waals surface area contributed by atoms with Crippen molar-refractivity contribution in [1.29, 1.82) is 0 Å². The van der Waals surface area contributed by atoms with Gasteiger partial charge in [-0.3, -0.25) is 10.0 Å². The molecule has 0 amide bonds. The van der Waals surface area contributed by atoms with Gasteiger partial charge in [-0.1, -0.05) is 19.6 Å². The summed E-state index contributed by atoms with van der Waals surface area (Å²) in [5, 5.41) is 11.4. The Labute approximate surface area is 91.4 Å². The maximum absolute atomic E-state index is 11.4. The van der Waals surface area contributed by atoms with E-state index in [0.717, 1.165) is 0 Å². The average Bonchev–Trinajstić information content (AvgIpc) is 1.97. The van der Waals surface area contributed by atoms with Gasteiger partial charge in [0.2, 0.25) is 6.21 Å². The SMILES string of the molecule is COC(=O)C(C)(C)/C=[N+](/[O-])O[Si](C)(C)C. The Morgan fingerprint density at radius 1 is 1.40 bits per heavy atom. The first-order valence-corrected chi connectivity index (χ1v) is 8.09. The molecule has 0 rings (SSSR count). The predicted octanol–water partition coefficient (Wildman–Crippen LogP) is 1.53. The molecule has 0 saturated heterocycles. The van der Waals surface area contributed by atoms with Gasteiger partial charge < -0.3 is 9.26 Å². The van der Waals surface area contributed by atoms with Gasteiger partial charge in [-0.05, 0) is 13.8 Å². The number of carbonyl (C=O) groups excluding carboxylic acids is 1. The van der Waals surface area contributed by atoms with E-state index in [1.807, 2.05) is 19.6 Å². The van der Waals surface area contributed by atoms with Crippen LogP contribution in [0.25, 0.3) is 0 Å². The molecular formula is C9H19NO4Si. The summed E-state index contributed by atoms with van der Waals surface area (Å²) in [6.07, 6.45) is 1.18. The summed E-state index contributed by atoms with van der Waals surface area (Å²) in [6, 6.07) is 0. The van der Waals surface area contributed by atoms with Crippen LogP contribution in [0.5, 0.6) is 0 Å². The van der Waals surface area contributed by atoms with E-state index in [9.17, 15) is 10.0 Å². The van der Waals surface area contributed by atoms with Gasteiger partial charge in [-0.2, -0.15) is 0 Å². The highest BCUT2D eigenvalue weighted by atomic mass is 28.4. The van der Waals surface area contributed by atoms with E-state index in [1.165, 1.54) is 13.3 Å². The quantitative estimate of drug-likeness (QED) is 0.243. The van der Waals surface area contributed by atoms with E-state index in [1.54, 1.807) is 13.8 Å². The number of esters is 1. The normalized spacial score (nSPS) is 13.6. The lowest BCUT2D eigenvalue weighted by Gasteiger charge is -2.21. The zero-order valence-corrected chi connectivity index (χ0v) is 11.2. The van der Waals surface area contributed by atoms with Crippen LogP contribution in [-0.2, 0) is 14.1 Å². The molecule has 0 aliphatic carbocycles. The zero-order valence-electron chi connectivity index (χ0n) is 10.2. The minimum absolute atomic E-state index is 0.364. The smallest absolute Gasteiger partial charge is 0.321 e. The third kappa shape index (κ3) is 5.41. The van der Waals surface area contributed by atoms with Crippen molar-refractivity contribution in [3.63, 3.8) is 0 Å². The van der Waals surface area contributed by atoms with Crippen molar-refractivity contribution in [2.24, 2.45) is 5.41 Å². The van der Waals surface area contributed by atoms with Crippen LogP contribution < -0.4 is 0 Å². The van der Waals surface area contributed by atoms with Crippen LogP contribution in [0.3, 0.4) is 0 Å². The lowest BCUT2D eigenvalue weighted by Crippen LogP contribution is -2.35. The fourth-order valence-corrected chi connectivity index (χ4v) is 1.47. The number of rotatable bonds is 4. The minimum Gasteiger partial charge on any atom is -0.468 e. The maximum atomic E-state index is 11.4. The fourth-order valence-electron chi connectivity index (χ4n) is 0.876. The standard InChI is InChI=1S/C9H19NO4Si/c1-9(2,8(11)13-3)7-10(12)14-15(4,5)6/h7H,1-6H3/b10-7-. The van der Waals surface area contributed by atoms with Gasteiger partial charge >= 0.3 is 5.97 Å². The van der Waals surface area contributed by atoms with Gasteiger partial charge in [-0.25, -0.2) is 0 Å². The lowest BCUT2D eigenvalue weighted by atomic mass is 9.96. The van der Waals surface area contributed by atoms with Gasteiger partial charge in [0.25, 0.3) is 0 Å². The molecule has 0 aliphatic heterocycles. The van der Waals surface area contributed by atoms with Crippen molar-refractivity contribution >= 4 is 20.5 Å². The summed E-state index contributed by atoms with van der Waals surface area (Å²) in [5.41, 5.74) is -0.976. The van der Waals surface area contributed by atoms with E-state index in [-0.39, 0.29) is 0 Å². The predicted molar refractivity (Wildman–Crippen MR) is 59.9 cm³/mol. The van der Waals surface area contributed by atoms with Gasteiger partial charge in [-0.15, -0.1) is 0 Å². The minimum atomic E-state index is -1.93. The van der Waals surface area contributed by atoms with Crippen molar-refractivity contribution in [3.05, 3.63) is 5.21 Å². The number of carbonyl (C=O) groups is 1. The largest absolute Gasteiger partial charge is 0.468 e. The molecule has 0 radical (unpaired) electrons. The molecule has 0 fully saturated rings. The first-order valence-electron chi connectivity index (χ1n) is 4.68. The zero-order chi connectivity index (χ0) is 12.3. The summed E-state index contributed by atoms with van der Waals surface area (Å²) in [6.45, 7) is 8.85. The highest BCUT2D eigenvalue weighted by Gasteiger charge is 2.32. The van der Waals surface area contributed by atoms with Crippen LogP contribution in [0.2, 0.25) is 19.6 Å². The molecule has 0 N–H and O–H groups in total. The molecule has 0 atom stereocenters. The Bertz CT molecular complexity index is 268. The van der Waals surface area contributed by atoms with Crippen LogP contribution in [-0.4, -0.2) is 32.5 Å². The van der Waals surface area contributed by atoms with E-state index >= 15 is 0 Å². The fraction of sp³-hybridized carbons (Fsp3) is 0.778. The van der Waals surface area contributed by atoms with Gasteiger partial charge in [0.1, 0.15) is 5.41 Å². The van der Waals surface area contributed by atoms with Crippen molar-refractivity contribution in [1.82, 2.24) is 0 Å². The number of ether oxygens (including phenoxy) is 1. The van der Waals surface area contributed by atoms with E-state index < -0.39 is 19.7 Å². The Morgan fingerprint density at radius 2 is 1.87 bits per heavy atom. The molecule has 0 bridgehead atoms. The highest BCUT2D eigenvalue weighted by molar-refractivity contribution is 6.69. The monoisotopic (exact) mass is 233 g/mol. The Balaban J connectivity index is 4.67. The second-order valence-electron chi connectivity index (χ2n) is 4.83. The second-order valence-corrected chi connectivity index (χ2v) is 9.24. The molecule has 5 nitrogen and oxygen atoms in total. The molecule has 0 unspecified atom stereocenters. The van der Waals surface area contributed by atoms with Crippen LogP contribution in [0.1, 0.15) is 13.8 Å². The van der Waals surface area contributed by atoms with Crippen LogP contribution in [0.4, 0.5) is 0 Å². The molecule has 0 aromatic rings. The summed E-state index contributed by atoms with van der Waals surface area (Å²) in [4.78, 5) is 11.6. The molecule has 0 spiro atoms. The first-order chi connectivity index (χ1) is 6.58. The topological polar surface area (TPSA) is 61.6 Å². The number of nitrogens with zero attached hydrogens (tertiary/aromatic N) is 1. The maximum Gasteiger partial charge on any atom is 0.321 e. The molecule has 0 aromatic heterocycles. The van der Waals surface area contributed by atoms with E-state index in [2.05, 4.69) is 4.74 Å². The molecule has 88 valence electrons. The van der Waals surface area contributed by atoms with Crippen LogP contribution >= 0.6 is 0 Å². The second kappa shape index (κ2) is 4.65. The lowest BCUT2D eigenvalue weighted by molar-refractivity contribution is -0.702. The average molecular weight is 233 g/mol. The third-order valence-corrected chi connectivity index (χ3v) is 2.23. The summed E-state index contributed by atoms with van der Waals surface area (Å²) >= 11 is 0. The van der Waals surface area contributed by atoms with Crippen LogP contribution in [0.15, 0.2) is 0 Å². The van der Waals surface area contributed by atoms with Crippen molar-refractivity contribution in [2.45, 2.75) is 33.5 Å². The van der Waals surface area contributed by atoms with E-state index in [0.29, 0.717) is 4.90 Å². The first kappa shape index (κ1) is 14.0. The molecule has 0 heterocycles. The molecule has 6 heteroatoms. The number of hydrogen-bond donors (Lipinski definition) is 0. The highest BCUT2D eigenvalue weighted by Crippen LogP contribution is 2.14. The molecular weight excluding hydrogens is 214 g/mol. The van der Waals surface area contributed by atoms with Crippen molar-refractivity contribution in [2.75, 3.05) is 7.11 Å². The number of methoxy groups -OCH3 is 1.